The van der Waals surface area contributed by atoms with Gasteiger partial charge < -0.3 is 9.52 Å². The smallest absolute Gasteiger partial charge is 0.408 e. The summed E-state index contributed by atoms with van der Waals surface area (Å²) in [4.78, 5) is 11.3. The van der Waals surface area contributed by atoms with E-state index in [-0.39, 0.29) is 11.6 Å². The fraction of sp³-hybridized carbons (Fsp3) is 0.364. The second-order valence-electron chi connectivity index (χ2n) is 3.74. The molecule has 0 aliphatic carbocycles. The summed E-state index contributed by atoms with van der Waals surface area (Å²) < 4.78 is 6.44. The molecular weight excluding hydrogens is 230 g/mol. The van der Waals surface area contributed by atoms with E-state index in [0.29, 0.717) is 12.0 Å². The monoisotopic (exact) mass is 241 g/mol. The van der Waals surface area contributed by atoms with Crippen LogP contribution in [0.2, 0.25) is 0 Å². The van der Waals surface area contributed by atoms with Crippen LogP contribution in [0, 0.1) is 0 Å². The molecule has 0 bridgehead atoms. The molecule has 0 aliphatic heterocycles. The Morgan fingerprint density at radius 2 is 2.31 bits per heavy atom. The fourth-order valence-corrected chi connectivity index (χ4v) is 1.73. The second-order valence-corrected chi connectivity index (χ2v) is 4.05. The standard InChI is InChI=1S/C11H12ClNO3/c1-13-9-5-7(4-8(14)6-12)2-3-10(9)16-11(13)15/h2-3,5,8,14H,4,6H2,1H3. The van der Waals surface area contributed by atoms with Gasteiger partial charge in [0, 0.05) is 12.9 Å². The summed E-state index contributed by atoms with van der Waals surface area (Å²) in [5.41, 5.74) is 2.21. The number of aliphatic hydroxyl groups excluding tert-OH is 1. The first-order chi connectivity index (χ1) is 7.61. The van der Waals surface area contributed by atoms with E-state index < -0.39 is 6.10 Å². The van der Waals surface area contributed by atoms with Gasteiger partial charge in [-0.1, -0.05) is 6.07 Å². The van der Waals surface area contributed by atoms with Crippen molar-refractivity contribution in [3.8, 4) is 0 Å². The summed E-state index contributed by atoms with van der Waals surface area (Å²) in [5.74, 6) is -0.187. The van der Waals surface area contributed by atoms with Crippen LogP contribution in [0.15, 0.2) is 27.4 Å². The van der Waals surface area contributed by atoms with Crippen molar-refractivity contribution in [3.05, 3.63) is 34.3 Å². The molecule has 16 heavy (non-hydrogen) atoms. The van der Waals surface area contributed by atoms with Crippen LogP contribution in [-0.2, 0) is 13.5 Å². The maximum Gasteiger partial charge on any atom is 0.419 e. The van der Waals surface area contributed by atoms with E-state index in [4.69, 9.17) is 16.0 Å². The Morgan fingerprint density at radius 3 is 3.00 bits per heavy atom. The molecule has 2 aromatic rings. The number of aryl methyl sites for hydroxylation is 1. The predicted molar refractivity (Wildman–Crippen MR) is 61.9 cm³/mol. The van der Waals surface area contributed by atoms with E-state index in [1.54, 1.807) is 13.1 Å². The lowest BCUT2D eigenvalue weighted by Gasteiger charge is -2.06. The van der Waals surface area contributed by atoms with Crippen LogP contribution in [0.4, 0.5) is 0 Å². The summed E-state index contributed by atoms with van der Waals surface area (Å²) in [6.07, 6.45) is -0.0956. The van der Waals surface area contributed by atoms with Crippen molar-refractivity contribution in [2.75, 3.05) is 5.88 Å². The molecule has 1 aromatic heterocycles. The zero-order valence-corrected chi connectivity index (χ0v) is 9.57. The molecule has 0 amide bonds. The summed E-state index contributed by atoms with van der Waals surface area (Å²) in [5, 5.41) is 9.43. The minimum Gasteiger partial charge on any atom is -0.408 e. The summed E-state index contributed by atoms with van der Waals surface area (Å²) >= 11 is 5.53. The average Bonchev–Trinajstić information content (AvgIpc) is 2.55. The van der Waals surface area contributed by atoms with Gasteiger partial charge in [0.1, 0.15) is 0 Å². The molecule has 1 atom stereocenters. The van der Waals surface area contributed by atoms with Crippen LogP contribution in [0.5, 0.6) is 0 Å². The lowest BCUT2D eigenvalue weighted by atomic mass is 10.1. The number of fused-ring (bicyclic) bond motifs is 1. The number of alkyl halides is 1. The maximum atomic E-state index is 11.3. The molecule has 2 rings (SSSR count). The Kier molecular flexibility index (Phi) is 3.03. The van der Waals surface area contributed by atoms with Gasteiger partial charge in [-0.3, -0.25) is 4.57 Å². The lowest BCUT2D eigenvalue weighted by molar-refractivity contribution is 0.199. The Labute approximate surface area is 97.1 Å². The van der Waals surface area contributed by atoms with Crippen molar-refractivity contribution >= 4 is 22.7 Å². The van der Waals surface area contributed by atoms with Gasteiger partial charge in [-0.15, -0.1) is 11.6 Å². The molecule has 86 valence electrons. The molecule has 0 fully saturated rings. The Balaban J connectivity index is 2.43. The van der Waals surface area contributed by atoms with Crippen molar-refractivity contribution in [2.45, 2.75) is 12.5 Å². The molecule has 5 heteroatoms. The van der Waals surface area contributed by atoms with E-state index in [1.807, 2.05) is 12.1 Å². The second kappa shape index (κ2) is 4.31. The first kappa shape index (κ1) is 11.2. The third kappa shape index (κ3) is 1.99. The number of hydrogen-bond donors (Lipinski definition) is 1. The average molecular weight is 242 g/mol. The third-order valence-corrected chi connectivity index (χ3v) is 2.86. The van der Waals surface area contributed by atoms with E-state index >= 15 is 0 Å². The highest BCUT2D eigenvalue weighted by molar-refractivity contribution is 6.18. The molecule has 0 saturated carbocycles. The van der Waals surface area contributed by atoms with Gasteiger partial charge in [-0.2, -0.15) is 0 Å². The van der Waals surface area contributed by atoms with Crippen LogP contribution in [-0.4, -0.2) is 21.7 Å². The van der Waals surface area contributed by atoms with Gasteiger partial charge >= 0.3 is 5.76 Å². The van der Waals surface area contributed by atoms with E-state index in [1.165, 1.54) is 4.57 Å². The van der Waals surface area contributed by atoms with Gasteiger partial charge in [0.05, 0.1) is 11.6 Å². The third-order valence-electron chi connectivity index (χ3n) is 2.51. The highest BCUT2D eigenvalue weighted by Gasteiger charge is 2.08. The topological polar surface area (TPSA) is 55.4 Å². The van der Waals surface area contributed by atoms with Crippen molar-refractivity contribution in [3.63, 3.8) is 0 Å². The quantitative estimate of drug-likeness (QED) is 0.824. The van der Waals surface area contributed by atoms with Gasteiger partial charge in [-0.05, 0) is 24.1 Å². The first-order valence-corrected chi connectivity index (χ1v) is 5.47. The predicted octanol–water partition coefficient (Wildman–Crippen LogP) is 1.27. The lowest BCUT2D eigenvalue weighted by Crippen LogP contribution is -2.12. The molecule has 4 nitrogen and oxygen atoms in total. The summed E-state index contributed by atoms with van der Waals surface area (Å²) in [7, 11) is 1.65. The summed E-state index contributed by atoms with van der Waals surface area (Å²) in [6, 6.07) is 5.38. The molecule has 0 saturated heterocycles. The number of halogens is 1. The number of rotatable bonds is 3. The molecule has 1 heterocycles. The number of aromatic nitrogens is 1. The molecule has 1 aromatic carbocycles. The maximum absolute atomic E-state index is 11.3. The van der Waals surface area contributed by atoms with Gasteiger partial charge in [-0.25, -0.2) is 4.79 Å². The SMILES string of the molecule is Cn1c(=O)oc2ccc(CC(O)CCl)cc21. The number of hydrogen-bond acceptors (Lipinski definition) is 3. The van der Waals surface area contributed by atoms with Crippen molar-refractivity contribution in [1.82, 2.24) is 4.57 Å². The number of oxazole rings is 1. The minimum absolute atomic E-state index is 0.197. The highest BCUT2D eigenvalue weighted by Crippen LogP contribution is 2.15. The van der Waals surface area contributed by atoms with E-state index in [0.717, 1.165) is 11.1 Å². The highest BCUT2D eigenvalue weighted by atomic mass is 35.5. The Hall–Kier alpha value is -1.26. The van der Waals surface area contributed by atoms with Crippen LogP contribution >= 0.6 is 11.6 Å². The molecule has 0 spiro atoms. The van der Waals surface area contributed by atoms with Gasteiger partial charge in [0.2, 0.25) is 0 Å². The van der Waals surface area contributed by atoms with Crippen LogP contribution in [0.1, 0.15) is 5.56 Å². The van der Waals surface area contributed by atoms with Gasteiger partial charge in [0.15, 0.2) is 5.58 Å². The normalized spacial score (nSPS) is 13.2. The Morgan fingerprint density at radius 1 is 1.56 bits per heavy atom. The molecule has 1 unspecified atom stereocenters. The minimum atomic E-state index is -0.567. The van der Waals surface area contributed by atoms with Crippen molar-refractivity contribution in [2.24, 2.45) is 7.05 Å². The number of nitrogens with zero attached hydrogens (tertiary/aromatic N) is 1. The largest absolute Gasteiger partial charge is 0.419 e. The van der Waals surface area contributed by atoms with Crippen LogP contribution in [0.3, 0.4) is 0 Å². The zero-order chi connectivity index (χ0) is 11.7. The zero-order valence-electron chi connectivity index (χ0n) is 8.81. The molecule has 0 aliphatic rings. The number of benzene rings is 1. The van der Waals surface area contributed by atoms with Crippen molar-refractivity contribution < 1.29 is 9.52 Å². The number of aliphatic hydroxyl groups is 1. The van der Waals surface area contributed by atoms with E-state index in [2.05, 4.69) is 0 Å². The molecular formula is C11H12ClNO3. The van der Waals surface area contributed by atoms with Crippen LogP contribution in [0.25, 0.3) is 11.1 Å². The van der Waals surface area contributed by atoms with Gasteiger partial charge in [0.25, 0.3) is 0 Å². The van der Waals surface area contributed by atoms with E-state index in [9.17, 15) is 9.90 Å². The fourth-order valence-electron chi connectivity index (χ4n) is 1.63. The van der Waals surface area contributed by atoms with Crippen LogP contribution < -0.4 is 5.76 Å². The van der Waals surface area contributed by atoms with Crippen molar-refractivity contribution in [1.29, 1.82) is 0 Å². The summed E-state index contributed by atoms with van der Waals surface area (Å²) in [6.45, 7) is 0. The first-order valence-electron chi connectivity index (χ1n) is 4.94. The Bertz CT molecular complexity index is 558. The molecule has 0 radical (unpaired) electrons. The molecule has 1 N–H and O–H groups in total.